The fourth-order valence-electron chi connectivity index (χ4n) is 3.36. The maximum atomic E-state index is 12.7. The molecule has 1 aliphatic rings. The van der Waals surface area contributed by atoms with Crippen LogP contribution in [0.5, 0.6) is 0 Å². The molecule has 0 N–H and O–H groups in total. The summed E-state index contributed by atoms with van der Waals surface area (Å²) in [7, 11) is 0. The fourth-order valence-corrected chi connectivity index (χ4v) is 3.55. The van der Waals surface area contributed by atoms with Crippen LogP contribution in [0.1, 0.15) is 45.0 Å². The minimum absolute atomic E-state index is 0.0577. The molecule has 30 heavy (non-hydrogen) atoms. The molecule has 0 spiro atoms. The molecular formula is C23H30ClN5O. The van der Waals surface area contributed by atoms with Gasteiger partial charge in [0.2, 0.25) is 0 Å². The van der Waals surface area contributed by atoms with E-state index in [1.165, 1.54) is 0 Å². The van der Waals surface area contributed by atoms with Gasteiger partial charge in [0.05, 0.1) is 0 Å². The molecule has 1 atom stereocenters. The molecule has 0 saturated carbocycles. The first-order valence-corrected chi connectivity index (χ1v) is 10.9. The Hall–Kier alpha value is -2.73. The quantitative estimate of drug-likeness (QED) is 0.570. The van der Waals surface area contributed by atoms with Gasteiger partial charge >= 0.3 is 0 Å². The van der Waals surface area contributed by atoms with Gasteiger partial charge in [-0.3, -0.25) is 9.78 Å². The third kappa shape index (κ3) is 5.05. The minimum atomic E-state index is 0.0577. The Morgan fingerprint density at radius 2 is 1.70 bits per heavy atom. The molecule has 7 heteroatoms. The van der Waals surface area contributed by atoms with Crippen molar-refractivity contribution in [3.63, 3.8) is 0 Å². The number of pyridine rings is 1. The summed E-state index contributed by atoms with van der Waals surface area (Å²) in [4.78, 5) is 21.2. The lowest BCUT2D eigenvalue weighted by atomic mass is 10.1. The Morgan fingerprint density at radius 3 is 2.37 bits per heavy atom. The molecule has 3 aromatic rings. The monoisotopic (exact) mass is 427 g/mol. The third-order valence-corrected chi connectivity index (χ3v) is 4.96. The number of benzene rings is 1. The predicted octanol–water partition coefficient (Wildman–Crippen LogP) is 5.08. The standard InChI is InChI=1S/C19H18ClN5O.2C2H6/c1-13-12-24(19(26)14-6-3-2-4-7-14)10-11-25(13)18-16-15(8-5-9-21-16)17(20)22-23-18;2*1-2/h2-9,13H,10-12H2,1H3;2*1-2H3. The number of hydrogen-bond donors (Lipinski definition) is 0. The van der Waals surface area contributed by atoms with Crippen molar-refractivity contribution in [1.82, 2.24) is 20.1 Å². The summed E-state index contributed by atoms with van der Waals surface area (Å²) in [6, 6.07) is 13.2. The number of rotatable bonds is 2. The van der Waals surface area contributed by atoms with E-state index in [4.69, 9.17) is 11.6 Å². The number of anilines is 1. The van der Waals surface area contributed by atoms with Crippen LogP contribution < -0.4 is 4.90 Å². The van der Waals surface area contributed by atoms with Gasteiger partial charge in [-0.25, -0.2) is 0 Å². The van der Waals surface area contributed by atoms with E-state index in [1.54, 1.807) is 6.20 Å². The van der Waals surface area contributed by atoms with Crippen molar-refractivity contribution in [3.8, 4) is 0 Å². The molecule has 1 unspecified atom stereocenters. The van der Waals surface area contributed by atoms with Crippen molar-refractivity contribution in [3.05, 3.63) is 59.4 Å². The Labute approximate surface area is 183 Å². The number of carbonyl (C=O) groups is 1. The summed E-state index contributed by atoms with van der Waals surface area (Å²) < 4.78 is 0. The van der Waals surface area contributed by atoms with E-state index in [0.717, 1.165) is 10.9 Å². The molecule has 0 radical (unpaired) electrons. The predicted molar refractivity (Wildman–Crippen MR) is 124 cm³/mol. The molecule has 3 heterocycles. The zero-order valence-corrected chi connectivity index (χ0v) is 19.1. The SMILES string of the molecule is CC.CC.CC1CN(C(=O)c2ccccc2)CCN1c1nnc(Cl)c2cccnc12. The average Bonchev–Trinajstić information content (AvgIpc) is 2.82. The highest BCUT2D eigenvalue weighted by molar-refractivity contribution is 6.34. The molecule has 1 aromatic carbocycles. The molecule has 2 aromatic heterocycles. The van der Waals surface area contributed by atoms with E-state index in [-0.39, 0.29) is 11.9 Å². The largest absolute Gasteiger partial charge is 0.347 e. The van der Waals surface area contributed by atoms with E-state index < -0.39 is 0 Å². The first-order valence-electron chi connectivity index (χ1n) is 10.5. The smallest absolute Gasteiger partial charge is 0.253 e. The third-order valence-electron chi connectivity index (χ3n) is 4.68. The van der Waals surface area contributed by atoms with Crippen molar-refractivity contribution in [2.45, 2.75) is 40.7 Å². The van der Waals surface area contributed by atoms with Gasteiger partial charge in [-0.15, -0.1) is 10.2 Å². The molecule has 1 aliphatic heterocycles. The number of halogens is 1. The van der Waals surface area contributed by atoms with E-state index >= 15 is 0 Å². The summed E-state index contributed by atoms with van der Waals surface area (Å²) in [6.45, 7) is 12.0. The van der Waals surface area contributed by atoms with Gasteiger partial charge in [0.25, 0.3) is 5.91 Å². The highest BCUT2D eigenvalue weighted by Crippen LogP contribution is 2.28. The van der Waals surface area contributed by atoms with Crippen LogP contribution in [-0.4, -0.2) is 51.7 Å². The summed E-state index contributed by atoms with van der Waals surface area (Å²) in [6.07, 6.45) is 1.73. The Balaban J connectivity index is 0.000000757. The van der Waals surface area contributed by atoms with Crippen LogP contribution in [0.4, 0.5) is 5.82 Å². The number of fused-ring (bicyclic) bond motifs is 1. The van der Waals surface area contributed by atoms with Gasteiger partial charge in [0.1, 0.15) is 5.52 Å². The molecule has 1 saturated heterocycles. The van der Waals surface area contributed by atoms with Crippen molar-refractivity contribution in [1.29, 1.82) is 0 Å². The Kier molecular flexibility index (Phi) is 8.99. The average molecular weight is 428 g/mol. The number of aromatic nitrogens is 3. The van der Waals surface area contributed by atoms with Gasteiger partial charge in [-0.05, 0) is 31.2 Å². The zero-order chi connectivity index (χ0) is 22.1. The number of amides is 1. The Morgan fingerprint density at radius 1 is 1.00 bits per heavy atom. The first kappa shape index (κ1) is 23.5. The molecule has 0 aliphatic carbocycles. The van der Waals surface area contributed by atoms with E-state index in [1.807, 2.05) is 75.1 Å². The maximum Gasteiger partial charge on any atom is 0.253 e. The van der Waals surface area contributed by atoms with E-state index in [9.17, 15) is 4.79 Å². The van der Waals surface area contributed by atoms with Gasteiger partial charge in [-0.1, -0.05) is 57.5 Å². The molecule has 1 fully saturated rings. The van der Waals surface area contributed by atoms with Crippen LogP contribution in [-0.2, 0) is 0 Å². The van der Waals surface area contributed by atoms with E-state index in [0.29, 0.717) is 36.2 Å². The lowest BCUT2D eigenvalue weighted by molar-refractivity contribution is 0.0726. The van der Waals surface area contributed by atoms with Crippen LogP contribution in [0, 0.1) is 0 Å². The second kappa shape index (κ2) is 11.5. The lowest BCUT2D eigenvalue weighted by Gasteiger charge is -2.40. The van der Waals surface area contributed by atoms with Crippen molar-refractivity contribution in [2.24, 2.45) is 0 Å². The number of hydrogen-bond acceptors (Lipinski definition) is 5. The van der Waals surface area contributed by atoms with Crippen LogP contribution >= 0.6 is 11.6 Å². The van der Waals surface area contributed by atoms with Crippen LogP contribution in [0.2, 0.25) is 5.15 Å². The van der Waals surface area contributed by atoms with Crippen LogP contribution in [0.25, 0.3) is 10.9 Å². The topological polar surface area (TPSA) is 62.2 Å². The van der Waals surface area contributed by atoms with Crippen LogP contribution in [0.15, 0.2) is 48.7 Å². The second-order valence-electron chi connectivity index (χ2n) is 6.37. The Bertz CT molecular complexity index is 951. The number of carbonyl (C=O) groups excluding carboxylic acids is 1. The molecule has 160 valence electrons. The zero-order valence-electron chi connectivity index (χ0n) is 18.3. The van der Waals surface area contributed by atoms with Gasteiger partial charge in [0.15, 0.2) is 11.0 Å². The minimum Gasteiger partial charge on any atom is -0.347 e. The van der Waals surface area contributed by atoms with Gasteiger partial charge in [-0.2, -0.15) is 0 Å². The summed E-state index contributed by atoms with van der Waals surface area (Å²) in [5.41, 5.74) is 1.45. The first-order chi connectivity index (χ1) is 14.6. The highest BCUT2D eigenvalue weighted by atomic mass is 35.5. The second-order valence-corrected chi connectivity index (χ2v) is 6.73. The summed E-state index contributed by atoms with van der Waals surface area (Å²) in [5.74, 6) is 0.770. The number of nitrogens with zero attached hydrogens (tertiary/aromatic N) is 5. The summed E-state index contributed by atoms with van der Waals surface area (Å²) in [5, 5.41) is 9.49. The molecule has 1 amide bonds. The molecule has 0 bridgehead atoms. The van der Waals surface area contributed by atoms with Crippen molar-refractivity contribution in [2.75, 3.05) is 24.5 Å². The van der Waals surface area contributed by atoms with Gasteiger partial charge in [0, 0.05) is 42.8 Å². The van der Waals surface area contributed by atoms with Gasteiger partial charge < -0.3 is 9.80 Å². The molecule has 4 rings (SSSR count). The van der Waals surface area contributed by atoms with Crippen molar-refractivity contribution >= 4 is 34.2 Å². The molecular weight excluding hydrogens is 398 g/mol. The maximum absolute atomic E-state index is 12.7. The van der Waals surface area contributed by atoms with E-state index in [2.05, 4.69) is 27.0 Å². The summed E-state index contributed by atoms with van der Waals surface area (Å²) >= 11 is 6.15. The number of piperazine rings is 1. The normalized spacial score (nSPS) is 15.6. The van der Waals surface area contributed by atoms with Crippen LogP contribution in [0.3, 0.4) is 0 Å². The molecule has 6 nitrogen and oxygen atoms in total. The fraction of sp³-hybridized carbons (Fsp3) is 0.391. The highest BCUT2D eigenvalue weighted by Gasteiger charge is 2.29. The van der Waals surface area contributed by atoms with Crippen molar-refractivity contribution < 1.29 is 4.79 Å². The lowest BCUT2D eigenvalue weighted by Crippen LogP contribution is -2.54.